The van der Waals surface area contributed by atoms with Crippen molar-refractivity contribution < 1.29 is 9.59 Å². The van der Waals surface area contributed by atoms with Crippen LogP contribution in [0.2, 0.25) is 0 Å². The van der Waals surface area contributed by atoms with Crippen LogP contribution >= 0.6 is 11.9 Å². The molecule has 2 heterocycles. The SMILES string of the molecule is Cc1ccccc1CNC(=O)c1cc(SN2CCc3ccccc3C2)c(C)n1CC(N)=O. The van der Waals surface area contributed by atoms with Gasteiger partial charge in [-0.1, -0.05) is 48.5 Å². The fourth-order valence-corrected chi connectivity index (χ4v) is 5.09. The van der Waals surface area contributed by atoms with E-state index in [4.69, 9.17) is 5.73 Å². The molecule has 32 heavy (non-hydrogen) atoms. The Bertz CT molecular complexity index is 1150. The molecule has 1 aliphatic heterocycles. The van der Waals surface area contributed by atoms with E-state index < -0.39 is 5.91 Å². The predicted octanol–water partition coefficient (Wildman–Crippen LogP) is 3.59. The van der Waals surface area contributed by atoms with E-state index >= 15 is 0 Å². The third-order valence-corrected chi connectivity index (χ3v) is 7.07. The first-order valence-electron chi connectivity index (χ1n) is 10.7. The van der Waals surface area contributed by atoms with Crippen molar-refractivity contribution in [2.45, 2.75) is 44.8 Å². The molecule has 0 spiro atoms. The second kappa shape index (κ2) is 9.63. The lowest BCUT2D eigenvalue weighted by Gasteiger charge is -2.27. The maximum Gasteiger partial charge on any atom is 0.268 e. The van der Waals surface area contributed by atoms with E-state index in [-0.39, 0.29) is 12.5 Å². The minimum Gasteiger partial charge on any atom is -0.368 e. The number of hydrogen-bond donors (Lipinski definition) is 2. The van der Waals surface area contributed by atoms with Crippen LogP contribution in [0.15, 0.2) is 59.5 Å². The summed E-state index contributed by atoms with van der Waals surface area (Å²) in [6.45, 7) is 6.13. The van der Waals surface area contributed by atoms with Gasteiger partial charge in [0, 0.05) is 30.2 Å². The average Bonchev–Trinajstić information content (AvgIpc) is 3.07. The molecular formula is C25H28N4O2S. The number of hydrogen-bond acceptors (Lipinski definition) is 4. The molecule has 0 unspecified atom stereocenters. The van der Waals surface area contributed by atoms with Crippen LogP contribution in [0.3, 0.4) is 0 Å². The molecule has 0 fully saturated rings. The van der Waals surface area contributed by atoms with Crippen molar-refractivity contribution in [1.82, 2.24) is 14.2 Å². The molecule has 6 nitrogen and oxygen atoms in total. The Morgan fingerprint density at radius 3 is 2.53 bits per heavy atom. The van der Waals surface area contributed by atoms with E-state index in [1.54, 1.807) is 16.5 Å². The molecule has 4 rings (SSSR count). The zero-order chi connectivity index (χ0) is 22.7. The van der Waals surface area contributed by atoms with Crippen LogP contribution in [-0.2, 0) is 30.8 Å². The maximum atomic E-state index is 13.0. The first-order valence-corrected chi connectivity index (χ1v) is 11.5. The van der Waals surface area contributed by atoms with Gasteiger partial charge in [-0.15, -0.1) is 0 Å². The van der Waals surface area contributed by atoms with E-state index in [1.807, 2.05) is 44.2 Å². The highest BCUT2D eigenvalue weighted by molar-refractivity contribution is 7.97. The quantitative estimate of drug-likeness (QED) is 0.542. The zero-order valence-electron chi connectivity index (χ0n) is 18.4. The van der Waals surface area contributed by atoms with Gasteiger partial charge in [-0.05, 0) is 60.5 Å². The van der Waals surface area contributed by atoms with Crippen LogP contribution in [-0.4, -0.2) is 27.2 Å². The van der Waals surface area contributed by atoms with Crippen LogP contribution in [0.25, 0.3) is 0 Å². The third kappa shape index (κ3) is 4.89. The number of aromatic nitrogens is 1. The Labute approximate surface area is 192 Å². The molecule has 1 aromatic heterocycles. The summed E-state index contributed by atoms with van der Waals surface area (Å²) in [5.41, 5.74) is 11.7. The van der Waals surface area contributed by atoms with Gasteiger partial charge in [-0.25, -0.2) is 4.31 Å². The largest absolute Gasteiger partial charge is 0.368 e. The smallest absolute Gasteiger partial charge is 0.268 e. The highest BCUT2D eigenvalue weighted by atomic mass is 32.2. The number of amides is 2. The first kappa shape index (κ1) is 22.2. The number of benzene rings is 2. The van der Waals surface area contributed by atoms with Crippen LogP contribution < -0.4 is 11.1 Å². The molecule has 0 atom stereocenters. The number of rotatable bonds is 7. The fraction of sp³-hybridized carbons (Fsp3) is 0.280. The molecule has 2 aromatic carbocycles. The van der Waals surface area contributed by atoms with Gasteiger partial charge >= 0.3 is 0 Å². The van der Waals surface area contributed by atoms with Crippen LogP contribution in [0, 0.1) is 13.8 Å². The molecule has 0 radical (unpaired) electrons. The Morgan fingerprint density at radius 1 is 1.06 bits per heavy atom. The van der Waals surface area contributed by atoms with Crippen molar-refractivity contribution in [3.8, 4) is 0 Å². The number of aryl methyl sites for hydroxylation is 1. The lowest BCUT2D eigenvalue weighted by Crippen LogP contribution is -2.28. The topological polar surface area (TPSA) is 80.4 Å². The van der Waals surface area contributed by atoms with Crippen LogP contribution in [0.5, 0.6) is 0 Å². The van der Waals surface area contributed by atoms with E-state index in [9.17, 15) is 9.59 Å². The number of fused-ring (bicyclic) bond motifs is 1. The number of primary amides is 1. The van der Waals surface area contributed by atoms with Crippen molar-refractivity contribution in [2.75, 3.05) is 6.54 Å². The number of carbonyl (C=O) groups is 2. The van der Waals surface area contributed by atoms with E-state index in [2.05, 4.69) is 33.9 Å². The third-order valence-electron chi connectivity index (χ3n) is 5.89. The normalized spacial score (nSPS) is 13.6. The molecule has 166 valence electrons. The Morgan fingerprint density at radius 2 is 1.78 bits per heavy atom. The second-order valence-corrected chi connectivity index (χ2v) is 9.25. The van der Waals surface area contributed by atoms with Gasteiger partial charge in [0.2, 0.25) is 5.91 Å². The van der Waals surface area contributed by atoms with Gasteiger partial charge in [-0.3, -0.25) is 9.59 Å². The molecule has 2 amide bonds. The molecule has 3 aromatic rings. The van der Waals surface area contributed by atoms with Gasteiger partial charge in [0.25, 0.3) is 5.91 Å². The number of nitrogens with two attached hydrogens (primary N) is 1. The zero-order valence-corrected chi connectivity index (χ0v) is 19.2. The number of carbonyl (C=O) groups excluding carboxylic acids is 2. The number of nitrogens with one attached hydrogen (secondary N) is 1. The van der Waals surface area contributed by atoms with E-state index in [1.165, 1.54) is 11.1 Å². The molecule has 0 aliphatic carbocycles. The van der Waals surface area contributed by atoms with Gasteiger partial charge < -0.3 is 15.6 Å². The van der Waals surface area contributed by atoms with Crippen LogP contribution in [0.1, 0.15) is 38.4 Å². The Kier molecular flexibility index (Phi) is 6.67. The fourth-order valence-electron chi connectivity index (χ4n) is 4.02. The highest BCUT2D eigenvalue weighted by Gasteiger charge is 2.23. The molecular weight excluding hydrogens is 420 g/mol. The highest BCUT2D eigenvalue weighted by Crippen LogP contribution is 2.33. The van der Waals surface area contributed by atoms with E-state index in [0.29, 0.717) is 12.2 Å². The second-order valence-electron chi connectivity index (χ2n) is 8.11. The van der Waals surface area contributed by atoms with Crippen LogP contribution in [0.4, 0.5) is 0 Å². The van der Waals surface area contributed by atoms with Crippen molar-refractivity contribution in [2.24, 2.45) is 5.73 Å². The summed E-state index contributed by atoms with van der Waals surface area (Å²) in [5.74, 6) is -0.687. The Balaban J connectivity index is 1.53. The predicted molar refractivity (Wildman–Crippen MR) is 127 cm³/mol. The average molecular weight is 449 g/mol. The molecule has 3 N–H and O–H groups in total. The summed E-state index contributed by atoms with van der Waals surface area (Å²) in [6, 6.07) is 18.3. The summed E-state index contributed by atoms with van der Waals surface area (Å²) in [5, 5.41) is 2.99. The molecule has 1 aliphatic rings. The standard InChI is InChI=1S/C25H28N4O2S/c1-17-7-3-4-9-20(17)14-27-25(31)22-13-23(18(2)29(22)16-24(26)30)32-28-12-11-19-8-5-6-10-21(19)15-28/h3-10,13H,11-12,14-16H2,1-2H3,(H2,26,30)(H,27,31). The molecule has 0 saturated heterocycles. The Hall–Kier alpha value is -3.03. The molecule has 7 heteroatoms. The number of nitrogens with zero attached hydrogens (tertiary/aromatic N) is 2. The van der Waals surface area contributed by atoms with Crippen molar-refractivity contribution >= 4 is 23.8 Å². The first-order chi connectivity index (χ1) is 15.4. The van der Waals surface area contributed by atoms with E-state index in [0.717, 1.165) is 41.2 Å². The monoisotopic (exact) mass is 448 g/mol. The lowest BCUT2D eigenvalue weighted by molar-refractivity contribution is -0.118. The van der Waals surface area contributed by atoms with Crippen molar-refractivity contribution in [1.29, 1.82) is 0 Å². The molecule has 0 saturated carbocycles. The minimum atomic E-state index is -0.472. The van der Waals surface area contributed by atoms with Gasteiger partial charge in [0.05, 0.1) is 0 Å². The summed E-state index contributed by atoms with van der Waals surface area (Å²) in [4.78, 5) is 25.7. The molecule has 0 bridgehead atoms. The summed E-state index contributed by atoms with van der Waals surface area (Å²) in [6.07, 6.45) is 0.994. The van der Waals surface area contributed by atoms with Gasteiger partial charge in [-0.2, -0.15) is 0 Å². The van der Waals surface area contributed by atoms with Crippen molar-refractivity contribution in [3.05, 3.63) is 88.2 Å². The minimum absolute atomic E-state index is 0.0255. The summed E-state index contributed by atoms with van der Waals surface area (Å²) < 4.78 is 4.02. The van der Waals surface area contributed by atoms with Gasteiger partial charge in [0.1, 0.15) is 12.2 Å². The summed E-state index contributed by atoms with van der Waals surface area (Å²) in [7, 11) is 0. The lowest BCUT2D eigenvalue weighted by atomic mass is 10.0. The van der Waals surface area contributed by atoms with Crippen molar-refractivity contribution in [3.63, 3.8) is 0 Å². The maximum absolute atomic E-state index is 13.0. The van der Waals surface area contributed by atoms with Gasteiger partial charge in [0.15, 0.2) is 0 Å². The summed E-state index contributed by atoms with van der Waals surface area (Å²) >= 11 is 1.63.